The number of benzene rings is 2. The van der Waals surface area contributed by atoms with E-state index in [0.29, 0.717) is 51.9 Å². The Bertz CT molecular complexity index is 2720. The van der Waals surface area contributed by atoms with Crippen LogP contribution >= 0.6 is 11.3 Å². The van der Waals surface area contributed by atoms with Crippen LogP contribution in [-0.4, -0.2) is 102 Å². The number of nitrogens with one attached hydrogen (secondary N) is 3. The molecule has 3 aromatic heterocycles. The number of methoxy groups -OCH3 is 2. The molecule has 19 heteroatoms. The van der Waals surface area contributed by atoms with Gasteiger partial charge in [-0.1, -0.05) is 50.3 Å². The second-order valence-electron chi connectivity index (χ2n) is 16.9. The minimum atomic E-state index is -3.94. The first-order valence-corrected chi connectivity index (χ1v) is 22.5. The molecule has 4 heterocycles. The Kier molecular flexibility index (Phi) is 11.0. The van der Waals surface area contributed by atoms with Crippen LogP contribution in [0, 0.1) is 18.3 Å². The van der Waals surface area contributed by atoms with Crippen LogP contribution in [0.25, 0.3) is 33.5 Å². The molecular weight excluding hydrogens is 839 g/mol. The zero-order chi connectivity index (χ0) is 44.3. The molecule has 0 spiro atoms. The van der Waals surface area contributed by atoms with Crippen molar-refractivity contribution in [3.63, 3.8) is 0 Å². The van der Waals surface area contributed by atoms with Gasteiger partial charge in [0, 0.05) is 23.3 Å². The molecule has 3 aliphatic rings. The lowest BCUT2D eigenvalue weighted by molar-refractivity contribution is -0.141. The van der Waals surface area contributed by atoms with Crippen molar-refractivity contribution >= 4 is 72.3 Å². The third-order valence-corrected chi connectivity index (χ3v) is 14.3. The minimum Gasteiger partial charge on any atom is -0.497 e. The van der Waals surface area contributed by atoms with Crippen LogP contribution in [0.4, 0.5) is 5.13 Å². The van der Waals surface area contributed by atoms with Gasteiger partial charge in [-0.25, -0.2) is 23.2 Å². The van der Waals surface area contributed by atoms with Crippen LogP contribution in [0.2, 0.25) is 0 Å². The molecule has 5 atom stereocenters. The van der Waals surface area contributed by atoms with Crippen molar-refractivity contribution < 1.29 is 46.2 Å². The van der Waals surface area contributed by atoms with E-state index < -0.39 is 74.0 Å². The van der Waals surface area contributed by atoms with Gasteiger partial charge in [0.1, 0.15) is 45.5 Å². The molecule has 0 bridgehead atoms. The van der Waals surface area contributed by atoms with Crippen molar-refractivity contribution in [3.05, 3.63) is 71.8 Å². The Morgan fingerprint density at radius 2 is 1.77 bits per heavy atom. The number of anilines is 1. The van der Waals surface area contributed by atoms with Gasteiger partial charge in [0.25, 0.3) is 11.8 Å². The van der Waals surface area contributed by atoms with E-state index in [2.05, 4.69) is 26.9 Å². The third kappa shape index (κ3) is 8.05. The highest BCUT2D eigenvalue weighted by molar-refractivity contribution is 7.91. The number of amides is 3. The first-order valence-electron chi connectivity index (χ1n) is 20.1. The van der Waals surface area contributed by atoms with E-state index in [-0.39, 0.29) is 35.7 Å². The molecule has 8 rings (SSSR count). The number of aromatic nitrogens is 3. The largest absolute Gasteiger partial charge is 0.497 e. The van der Waals surface area contributed by atoms with Gasteiger partial charge in [0.05, 0.1) is 31.7 Å². The Labute approximate surface area is 361 Å². The van der Waals surface area contributed by atoms with Crippen molar-refractivity contribution in [2.45, 2.75) is 82.4 Å². The number of rotatable bonds is 14. The molecule has 2 aromatic carbocycles. The van der Waals surface area contributed by atoms with Gasteiger partial charge in [-0.2, -0.15) is 4.98 Å². The van der Waals surface area contributed by atoms with Gasteiger partial charge in [-0.05, 0) is 68.0 Å². The SMILES string of the molecule is C=C[C@@H]1C[C@]1(NC(=O)[C@@H]1C[C@@H](Oc2nc(-c3ccc(OC)cc3)nc3c2oc2ccccc23)CN1C(=O)[C@@H](Nc1nc(C)c(C(=O)OC)s1)C(C)(C)C)C(=O)NS(=O)(=O)C1CC1. The predicted molar refractivity (Wildman–Crippen MR) is 230 cm³/mol. The maximum Gasteiger partial charge on any atom is 0.350 e. The Morgan fingerprint density at radius 3 is 2.42 bits per heavy atom. The van der Waals surface area contributed by atoms with Gasteiger partial charge in [0.2, 0.25) is 27.4 Å². The van der Waals surface area contributed by atoms with Crippen LogP contribution in [0.15, 0.2) is 65.6 Å². The van der Waals surface area contributed by atoms with Crippen molar-refractivity contribution in [1.29, 1.82) is 0 Å². The van der Waals surface area contributed by atoms with Crippen LogP contribution in [0.5, 0.6) is 11.6 Å². The van der Waals surface area contributed by atoms with Gasteiger partial charge in [0.15, 0.2) is 11.0 Å². The zero-order valence-corrected chi connectivity index (χ0v) is 36.6. The lowest BCUT2D eigenvalue weighted by Crippen LogP contribution is -2.58. The van der Waals surface area contributed by atoms with E-state index >= 15 is 4.79 Å². The fourth-order valence-electron chi connectivity index (χ4n) is 7.74. The fourth-order valence-corrected chi connectivity index (χ4v) is 10.0. The maximum atomic E-state index is 15.0. The number of thiazole rings is 1. The van der Waals surface area contributed by atoms with Crippen molar-refractivity contribution in [2.75, 3.05) is 26.1 Å². The number of para-hydroxylation sites is 1. The molecule has 5 aromatic rings. The average Bonchev–Trinajstić information content (AvgIpc) is 4.11. The zero-order valence-electron chi connectivity index (χ0n) is 35.0. The predicted octanol–water partition coefficient (Wildman–Crippen LogP) is 5.15. The van der Waals surface area contributed by atoms with Gasteiger partial charge in [-0.3, -0.25) is 19.1 Å². The highest BCUT2D eigenvalue weighted by Gasteiger charge is 2.62. The van der Waals surface area contributed by atoms with Gasteiger partial charge in [-0.15, -0.1) is 6.58 Å². The summed E-state index contributed by atoms with van der Waals surface area (Å²) in [5.41, 5.74) is 0.0311. The maximum absolute atomic E-state index is 15.0. The third-order valence-electron chi connectivity index (χ3n) is 11.5. The van der Waals surface area contributed by atoms with Gasteiger partial charge < -0.3 is 34.2 Å². The van der Waals surface area contributed by atoms with Gasteiger partial charge >= 0.3 is 5.97 Å². The number of ether oxygens (including phenoxy) is 3. The van der Waals surface area contributed by atoms with E-state index in [1.54, 1.807) is 32.2 Å². The summed E-state index contributed by atoms with van der Waals surface area (Å²) in [4.78, 5) is 71.6. The number of nitrogens with zero attached hydrogens (tertiary/aromatic N) is 4. The summed E-state index contributed by atoms with van der Waals surface area (Å²) in [6, 6.07) is 12.4. The van der Waals surface area contributed by atoms with Crippen LogP contribution in [-0.2, 0) is 29.1 Å². The number of carbonyl (C=O) groups is 4. The number of sulfonamides is 1. The fraction of sp³-hybridized carbons (Fsp3) is 0.419. The Morgan fingerprint density at radius 1 is 1.05 bits per heavy atom. The van der Waals surface area contributed by atoms with E-state index in [1.807, 2.05) is 51.1 Å². The number of hydrogen-bond donors (Lipinski definition) is 3. The molecular formula is C43H47N7O10S2. The summed E-state index contributed by atoms with van der Waals surface area (Å²) in [6.07, 6.45) is 1.61. The number of likely N-dealkylation sites (tertiary alicyclic amines) is 1. The molecule has 1 saturated heterocycles. The second-order valence-corrected chi connectivity index (χ2v) is 19.8. The van der Waals surface area contributed by atoms with Crippen molar-refractivity contribution in [3.8, 4) is 23.0 Å². The normalized spacial score (nSPS) is 21.6. The Balaban J connectivity index is 1.15. The van der Waals surface area contributed by atoms with Crippen molar-refractivity contribution in [1.82, 2.24) is 29.9 Å². The molecule has 62 heavy (non-hydrogen) atoms. The van der Waals surface area contributed by atoms with Crippen molar-refractivity contribution in [2.24, 2.45) is 11.3 Å². The molecule has 326 valence electrons. The number of hydrogen-bond acceptors (Lipinski definition) is 15. The lowest BCUT2D eigenvalue weighted by Gasteiger charge is -2.35. The minimum absolute atomic E-state index is 0.0439. The van der Waals surface area contributed by atoms with E-state index in [1.165, 1.54) is 18.1 Å². The topological polar surface area (TPSA) is 221 Å². The molecule has 3 N–H and O–H groups in total. The summed E-state index contributed by atoms with van der Waals surface area (Å²) >= 11 is 1.04. The first kappa shape index (κ1) is 42.6. The molecule has 1 aliphatic heterocycles. The van der Waals surface area contributed by atoms with E-state index in [4.69, 9.17) is 28.6 Å². The number of esters is 1. The number of aryl methyl sites for hydroxylation is 1. The number of furan rings is 1. The quantitative estimate of drug-likeness (QED) is 0.0971. The first-order chi connectivity index (χ1) is 29.5. The molecule has 0 unspecified atom stereocenters. The molecule has 17 nitrogen and oxygen atoms in total. The monoisotopic (exact) mass is 885 g/mol. The molecule has 0 radical (unpaired) electrons. The smallest absolute Gasteiger partial charge is 0.350 e. The summed E-state index contributed by atoms with van der Waals surface area (Å²) in [6.45, 7) is 10.9. The van der Waals surface area contributed by atoms with Crippen LogP contribution in [0.3, 0.4) is 0 Å². The molecule has 2 saturated carbocycles. The molecule has 3 fully saturated rings. The van der Waals surface area contributed by atoms with Crippen LogP contribution < -0.4 is 24.8 Å². The number of fused-ring (bicyclic) bond motifs is 3. The highest BCUT2D eigenvalue weighted by Crippen LogP contribution is 2.46. The highest BCUT2D eigenvalue weighted by atomic mass is 32.2. The summed E-state index contributed by atoms with van der Waals surface area (Å²) in [7, 11) is -1.10. The lowest BCUT2D eigenvalue weighted by atomic mass is 9.85. The average molecular weight is 886 g/mol. The van der Waals surface area contributed by atoms with E-state index in [9.17, 15) is 22.8 Å². The Hall–Kier alpha value is -6.08. The molecule has 3 amide bonds. The summed E-state index contributed by atoms with van der Waals surface area (Å²) in [5, 5.41) is 6.40. The van der Waals surface area contributed by atoms with E-state index in [0.717, 1.165) is 16.7 Å². The summed E-state index contributed by atoms with van der Waals surface area (Å²) in [5.74, 6) is -2.09. The van der Waals surface area contributed by atoms with Crippen LogP contribution in [0.1, 0.15) is 61.8 Å². The molecule has 2 aliphatic carbocycles. The second kappa shape index (κ2) is 16.0. The number of carbonyl (C=O) groups excluding carboxylic acids is 4. The summed E-state index contributed by atoms with van der Waals surface area (Å²) < 4.78 is 51.1. The standard InChI is InChI=1S/C43H47N7O10S2/c1-8-24-20-43(24,40(54)49-62(55,56)27-17-18-27)48-36(51)29-19-26(21-50(29)38(52)34(42(3,4)5)46-41-44-22(2)33(61-41)39(53)58-7)59-37-32-31(28-11-9-10-12-30(28)60-32)45-35(47-37)23-13-15-25(57-6)16-14-23/h8-16,24,26-27,29,34H,1,17-21H2,2-7H3,(H,44,46)(H,48,51)(H,49,54)/t24-,26-,29+,34-,43-/m1/s1.